The van der Waals surface area contributed by atoms with Gasteiger partial charge in [-0.05, 0) is 103 Å². The molecule has 0 unspecified atom stereocenters. The Labute approximate surface area is 695 Å². The van der Waals surface area contributed by atoms with E-state index < -0.39 is 0 Å². The van der Waals surface area contributed by atoms with Crippen molar-refractivity contribution in [3.63, 3.8) is 0 Å². The van der Waals surface area contributed by atoms with E-state index in [4.69, 9.17) is 13.3 Å². The van der Waals surface area contributed by atoms with Gasteiger partial charge in [0.15, 0.2) is 0 Å². The molecule has 0 saturated heterocycles. The van der Waals surface area contributed by atoms with Crippen LogP contribution in [0.2, 0.25) is 0 Å². The van der Waals surface area contributed by atoms with E-state index in [0.29, 0.717) is 0 Å². The van der Waals surface area contributed by atoms with Crippen molar-refractivity contribution in [3.05, 3.63) is 363 Å². The van der Waals surface area contributed by atoms with Crippen LogP contribution >= 0.6 is 0 Å². The number of rotatable bonds is 7. The summed E-state index contributed by atoms with van der Waals surface area (Å²) in [6.07, 6.45) is 22.2. The van der Waals surface area contributed by atoms with Gasteiger partial charge < -0.3 is 72.1 Å². The molecule has 6 aromatic heterocycles. The predicted molar refractivity (Wildman–Crippen MR) is 435 cm³/mol. The predicted octanol–water partition coefficient (Wildman–Crippen LogP) is 18.8. The van der Waals surface area contributed by atoms with Gasteiger partial charge >= 0.3 is 0 Å². The van der Waals surface area contributed by atoms with Gasteiger partial charge in [-0.15, -0.1) is 30.4 Å². The second-order valence-electron chi connectivity index (χ2n) is 25.7. The number of fused-ring (bicyclic) bond motifs is 12. The molecule has 0 saturated carbocycles. The van der Waals surface area contributed by atoms with Crippen LogP contribution in [0.1, 0.15) is 0 Å². The summed E-state index contributed by atoms with van der Waals surface area (Å²) < 4.78 is 18.0. The van der Waals surface area contributed by atoms with Crippen molar-refractivity contribution in [1.29, 1.82) is 0 Å². The largest absolute Gasteiger partial charge is 0.514 e. The number of benzene rings is 10. The molecule has 6 aliphatic rings. The van der Waals surface area contributed by atoms with Crippen molar-refractivity contribution < 1.29 is 73.6 Å². The van der Waals surface area contributed by atoms with Crippen molar-refractivity contribution in [2.75, 3.05) is 79.3 Å². The second kappa shape index (κ2) is 34.9. The van der Waals surface area contributed by atoms with E-state index in [-0.39, 0.29) is 60.3 Å². The van der Waals surface area contributed by atoms with Crippen molar-refractivity contribution in [2.24, 2.45) is 0 Å². The maximum Gasteiger partial charge on any atom is 0.145 e. The Balaban J connectivity index is 0.000000112. The Kier molecular flexibility index (Phi) is 23.9. The molecule has 16 aromatic rings. The number of furan rings is 3. The van der Waals surface area contributed by atoms with Gasteiger partial charge in [0.05, 0.1) is 11.9 Å². The molecule has 21 nitrogen and oxygen atoms in total. The molecule has 0 bridgehead atoms. The van der Waals surface area contributed by atoms with Crippen molar-refractivity contribution in [3.8, 4) is 0 Å². The van der Waals surface area contributed by atoms with E-state index in [1.165, 1.54) is 0 Å². The van der Waals surface area contributed by atoms with Gasteiger partial charge in [0, 0.05) is 124 Å². The Bertz CT molecular complexity index is 5520. The summed E-state index contributed by atoms with van der Waals surface area (Å²) in [4.78, 5) is 49.8. The van der Waals surface area contributed by atoms with Crippen LogP contribution in [0.15, 0.2) is 300 Å². The van der Waals surface area contributed by atoms with Crippen LogP contribution in [0.4, 0.5) is 74.6 Å². The first-order valence-corrected chi connectivity index (χ1v) is 35.3. The van der Waals surface area contributed by atoms with Crippen molar-refractivity contribution in [2.45, 2.75) is 0 Å². The van der Waals surface area contributed by atoms with Gasteiger partial charge in [0.2, 0.25) is 0 Å². The molecule has 0 aliphatic carbocycles. The van der Waals surface area contributed by atoms with Gasteiger partial charge in [0.25, 0.3) is 0 Å². The van der Waals surface area contributed by atoms with Crippen LogP contribution in [0, 0.1) is 76.4 Å². The standard InChI is InChI=1S/C17H12N4.3C16H12N2O.2C12H10N4.3Ir/c1-3-7-14(8-4-1)20-13-21(15-9-5-2-6-10-15)17-16(20)18-11-12-19-17;3*1-17-9-10-18(11-17)14-7-4-6-13-12-5-2-3-8-15(12)19-16(13)14;1-15-9-16(10-5-3-2-4-6-10)11-7-13-8-14-12(11)15;1-15-9-16(10-5-3-2-4-6-10)12-11(15)13-7-8-14-12;;;/h1-9,11-13H;3*2-6,8-11H,1H3;2*2-5,7-9H,1H3;;;/q6*-2;;;. The summed E-state index contributed by atoms with van der Waals surface area (Å²) in [5.41, 5.74) is 13.1. The third-order valence-electron chi connectivity index (χ3n) is 18.3. The van der Waals surface area contributed by atoms with Gasteiger partial charge in [-0.25, -0.2) is 29.9 Å². The third kappa shape index (κ3) is 16.1. The summed E-state index contributed by atoms with van der Waals surface area (Å²) >= 11 is 0. The molecular weight excluding hydrogens is 1950 g/mol. The molecule has 0 atom stereocenters. The second-order valence-corrected chi connectivity index (χ2v) is 25.7. The SMILES string of the molecule is CN1C=CN(c2[c-]ccc3c2oc2ccccc23)[CH-]1.CN1C=CN(c2[c-]ccc3c2oc2ccccc23)[CH-]1.CN1C=CN(c2[c-]ccc3c2oc2ccccc23)[CH-]1.CN1[CH-]N(c2[c-]cccc2)c2cncnc21.CN1[CH-]N(c2[c-]cccc2)c2nccnc21.[Ir].[Ir].[Ir].[c-]1ccccc1N1[CH-]N(c2ccccc2)c2nccnc21. The molecule has 113 heavy (non-hydrogen) atoms. The summed E-state index contributed by atoms with van der Waals surface area (Å²) in [5.74, 6) is 4.24. The molecule has 22 rings (SSSR count). The number of hydrogen-bond acceptors (Lipinski definition) is 21. The van der Waals surface area contributed by atoms with Crippen LogP contribution in [0.25, 0.3) is 65.8 Å². The van der Waals surface area contributed by atoms with Crippen LogP contribution in [-0.2, 0) is 60.3 Å². The molecule has 6 aliphatic heterocycles. The van der Waals surface area contributed by atoms with Crippen molar-refractivity contribution in [1.82, 2.24) is 44.6 Å². The van der Waals surface area contributed by atoms with E-state index in [1.807, 2.05) is 372 Å². The zero-order valence-corrected chi connectivity index (χ0v) is 68.6. The molecule has 3 radical (unpaired) electrons. The molecular formula is C89H68Ir3N18O3-12. The summed E-state index contributed by atoms with van der Waals surface area (Å²) in [5, 5.41) is 6.81. The normalized spacial score (nSPS) is 14.0. The fourth-order valence-electron chi connectivity index (χ4n) is 13.2. The topological polar surface area (TPSA) is 156 Å². The monoisotopic (exact) mass is 2020 g/mol. The maximum atomic E-state index is 5.99. The van der Waals surface area contributed by atoms with Gasteiger partial charge in [0.1, 0.15) is 52.2 Å². The minimum Gasteiger partial charge on any atom is -0.514 e. The fourth-order valence-corrected chi connectivity index (χ4v) is 13.2. The first kappa shape index (κ1) is 77.3. The minimum atomic E-state index is 0. The van der Waals surface area contributed by atoms with Gasteiger partial charge in [-0.3, -0.25) is 0 Å². The Morgan fingerprint density at radius 2 is 0.664 bits per heavy atom. The Hall–Kier alpha value is -12.4. The molecule has 0 N–H and O–H groups in total. The van der Waals surface area contributed by atoms with Crippen LogP contribution in [0.5, 0.6) is 0 Å². The van der Waals surface area contributed by atoms with E-state index in [1.54, 1.807) is 31.1 Å². The molecule has 0 amide bonds. The Morgan fingerprint density at radius 3 is 1.08 bits per heavy atom. The summed E-state index contributed by atoms with van der Waals surface area (Å²) in [6, 6.07) is 89.2. The van der Waals surface area contributed by atoms with Gasteiger partial charge in [-0.1, -0.05) is 106 Å². The first-order chi connectivity index (χ1) is 54.1. The van der Waals surface area contributed by atoms with Crippen LogP contribution in [-0.4, -0.2) is 79.8 Å². The fraction of sp³-hybridized carbons (Fsp3) is 0.0562. The van der Waals surface area contributed by atoms with Crippen molar-refractivity contribution >= 4 is 140 Å². The van der Waals surface area contributed by atoms with Crippen LogP contribution < -0.4 is 44.1 Å². The molecule has 571 valence electrons. The average Bonchev–Trinajstić information content (AvgIpc) is 1.62. The summed E-state index contributed by atoms with van der Waals surface area (Å²) in [6.45, 7) is 11.9. The number of aromatic nitrogens is 6. The summed E-state index contributed by atoms with van der Waals surface area (Å²) in [7, 11) is 9.91. The quantitative estimate of drug-likeness (QED) is 0.139. The van der Waals surface area contributed by atoms with E-state index in [2.05, 4.69) is 84.5 Å². The number of nitrogens with zero attached hydrogens (tertiary/aromatic N) is 18. The van der Waals surface area contributed by atoms with Gasteiger partial charge in [-0.2, -0.15) is 172 Å². The zero-order valence-electron chi connectivity index (χ0n) is 61.4. The van der Waals surface area contributed by atoms with E-state index in [9.17, 15) is 0 Å². The number of hydrogen-bond donors (Lipinski definition) is 0. The molecule has 10 aromatic carbocycles. The number of para-hydroxylation sites is 7. The van der Waals surface area contributed by atoms with E-state index >= 15 is 0 Å². The minimum absolute atomic E-state index is 0. The molecule has 0 spiro atoms. The molecule has 24 heteroatoms. The third-order valence-corrected chi connectivity index (χ3v) is 18.3. The van der Waals surface area contributed by atoms with E-state index in [0.717, 1.165) is 140 Å². The smallest absolute Gasteiger partial charge is 0.145 e. The molecule has 12 heterocycles. The first-order valence-electron chi connectivity index (χ1n) is 35.3. The maximum absolute atomic E-state index is 5.99. The van der Waals surface area contributed by atoms with Crippen LogP contribution in [0.3, 0.4) is 0 Å². The molecule has 0 fully saturated rings. The Morgan fingerprint density at radius 1 is 0.301 bits per heavy atom. The zero-order chi connectivity index (χ0) is 74.4. The average molecular weight is 2010 g/mol. The number of anilines is 13.